The van der Waals surface area contributed by atoms with Crippen molar-refractivity contribution in [3.8, 4) is 0 Å². The minimum atomic E-state index is -0.00357. The van der Waals surface area contributed by atoms with Crippen molar-refractivity contribution in [3.63, 3.8) is 0 Å². The molecule has 4 nitrogen and oxygen atoms in total. The molecule has 110 valence electrons. The van der Waals surface area contributed by atoms with E-state index in [1.165, 1.54) is 0 Å². The SMILES string of the molecule is CCC1OCCC1CNC(=O)C1C(C)CCCC1N. The third-order valence-corrected chi connectivity index (χ3v) is 4.86. The lowest BCUT2D eigenvalue weighted by atomic mass is 9.76. The van der Waals surface area contributed by atoms with Gasteiger partial charge in [0, 0.05) is 25.1 Å². The molecule has 1 amide bonds. The Morgan fingerprint density at radius 2 is 2.16 bits per heavy atom. The molecule has 0 spiro atoms. The first-order valence-electron chi connectivity index (χ1n) is 7.78. The molecule has 1 aliphatic carbocycles. The van der Waals surface area contributed by atoms with Gasteiger partial charge in [0.2, 0.25) is 5.91 Å². The molecule has 2 aliphatic rings. The van der Waals surface area contributed by atoms with Gasteiger partial charge in [0.25, 0.3) is 0 Å². The second kappa shape index (κ2) is 6.71. The Balaban J connectivity index is 1.83. The maximum atomic E-state index is 12.3. The summed E-state index contributed by atoms with van der Waals surface area (Å²) in [6.45, 7) is 5.87. The van der Waals surface area contributed by atoms with Crippen LogP contribution >= 0.6 is 0 Å². The van der Waals surface area contributed by atoms with Gasteiger partial charge in [-0.15, -0.1) is 0 Å². The third-order valence-electron chi connectivity index (χ3n) is 4.86. The summed E-state index contributed by atoms with van der Waals surface area (Å²) in [6, 6.07) is 0.0329. The average Bonchev–Trinajstić information content (AvgIpc) is 2.83. The van der Waals surface area contributed by atoms with E-state index in [0.29, 0.717) is 17.9 Å². The number of hydrogen-bond donors (Lipinski definition) is 2. The minimum absolute atomic E-state index is 0.00357. The van der Waals surface area contributed by atoms with Crippen LogP contribution in [-0.4, -0.2) is 31.2 Å². The summed E-state index contributed by atoms with van der Waals surface area (Å²) in [6.07, 6.45) is 5.66. The molecular formula is C15H28N2O2. The first-order chi connectivity index (χ1) is 9.13. The topological polar surface area (TPSA) is 64.3 Å². The monoisotopic (exact) mass is 268 g/mol. The number of ether oxygens (including phenoxy) is 1. The summed E-state index contributed by atoms with van der Waals surface area (Å²) in [5, 5.41) is 3.12. The molecule has 5 unspecified atom stereocenters. The number of carbonyl (C=O) groups excluding carboxylic acids is 1. The van der Waals surface area contributed by atoms with E-state index in [-0.39, 0.29) is 17.9 Å². The van der Waals surface area contributed by atoms with Crippen molar-refractivity contribution < 1.29 is 9.53 Å². The van der Waals surface area contributed by atoms with Gasteiger partial charge in [-0.3, -0.25) is 4.79 Å². The number of nitrogens with one attached hydrogen (secondary N) is 1. The molecule has 2 rings (SSSR count). The summed E-state index contributed by atoms with van der Waals surface area (Å²) in [5.41, 5.74) is 6.12. The Morgan fingerprint density at radius 1 is 1.37 bits per heavy atom. The number of nitrogens with two attached hydrogens (primary N) is 1. The summed E-state index contributed by atoms with van der Waals surface area (Å²) in [4.78, 5) is 12.3. The van der Waals surface area contributed by atoms with Crippen molar-refractivity contribution in [2.75, 3.05) is 13.2 Å². The molecule has 1 saturated heterocycles. The lowest BCUT2D eigenvalue weighted by Gasteiger charge is -2.33. The fourth-order valence-electron chi connectivity index (χ4n) is 3.64. The van der Waals surface area contributed by atoms with Crippen LogP contribution in [0.2, 0.25) is 0 Å². The van der Waals surface area contributed by atoms with Crippen molar-refractivity contribution in [2.45, 2.75) is 58.1 Å². The summed E-state index contributed by atoms with van der Waals surface area (Å²) >= 11 is 0. The molecule has 0 radical (unpaired) electrons. The molecule has 0 aromatic carbocycles. The van der Waals surface area contributed by atoms with Gasteiger partial charge in [-0.05, 0) is 31.6 Å². The predicted molar refractivity (Wildman–Crippen MR) is 75.6 cm³/mol. The van der Waals surface area contributed by atoms with E-state index in [9.17, 15) is 4.79 Å². The highest BCUT2D eigenvalue weighted by Crippen LogP contribution is 2.29. The normalized spacial score (nSPS) is 39.2. The van der Waals surface area contributed by atoms with Crippen LogP contribution in [0.3, 0.4) is 0 Å². The van der Waals surface area contributed by atoms with E-state index < -0.39 is 0 Å². The summed E-state index contributed by atoms with van der Waals surface area (Å²) < 4.78 is 5.66. The maximum absolute atomic E-state index is 12.3. The van der Waals surface area contributed by atoms with Gasteiger partial charge >= 0.3 is 0 Å². The van der Waals surface area contributed by atoms with Crippen LogP contribution in [-0.2, 0) is 9.53 Å². The second-order valence-electron chi connectivity index (χ2n) is 6.21. The number of hydrogen-bond acceptors (Lipinski definition) is 3. The first kappa shape index (κ1) is 14.8. The zero-order valence-corrected chi connectivity index (χ0v) is 12.2. The van der Waals surface area contributed by atoms with Crippen LogP contribution in [0.1, 0.15) is 46.0 Å². The van der Waals surface area contributed by atoms with Crippen molar-refractivity contribution in [1.29, 1.82) is 0 Å². The first-order valence-corrected chi connectivity index (χ1v) is 7.78. The molecule has 5 atom stereocenters. The highest BCUT2D eigenvalue weighted by molar-refractivity contribution is 5.79. The average molecular weight is 268 g/mol. The smallest absolute Gasteiger partial charge is 0.224 e. The lowest BCUT2D eigenvalue weighted by Crippen LogP contribution is -2.48. The van der Waals surface area contributed by atoms with E-state index >= 15 is 0 Å². The second-order valence-corrected chi connectivity index (χ2v) is 6.21. The Hall–Kier alpha value is -0.610. The quantitative estimate of drug-likeness (QED) is 0.815. The minimum Gasteiger partial charge on any atom is -0.378 e. The Kier molecular flexibility index (Phi) is 5.22. The van der Waals surface area contributed by atoms with Crippen LogP contribution in [0, 0.1) is 17.8 Å². The van der Waals surface area contributed by atoms with Crippen molar-refractivity contribution >= 4 is 5.91 Å². The molecule has 0 bridgehead atoms. The van der Waals surface area contributed by atoms with Gasteiger partial charge in [-0.2, -0.15) is 0 Å². The van der Waals surface area contributed by atoms with Gasteiger partial charge in [0.05, 0.1) is 12.0 Å². The number of amides is 1. The Morgan fingerprint density at radius 3 is 2.84 bits per heavy atom. The molecular weight excluding hydrogens is 240 g/mol. The van der Waals surface area contributed by atoms with E-state index in [0.717, 1.165) is 45.3 Å². The van der Waals surface area contributed by atoms with E-state index in [1.807, 2.05) is 0 Å². The number of carbonyl (C=O) groups is 1. The molecule has 3 N–H and O–H groups in total. The van der Waals surface area contributed by atoms with E-state index in [2.05, 4.69) is 19.2 Å². The van der Waals surface area contributed by atoms with Gasteiger partial charge in [-0.1, -0.05) is 20.3 Å². The van der Waals surface area contributed by atoms with Crippen LogP contribution in [0.25, 0.3) is 0 Å². The van der Waals surface area contributed by atoms with Crippen LogP contribution in [0.4, 0.5) is 0 Å². The molecule has 2 fully saturated rings. The molecule has 0 aromatic heterocycles. The third kappa shape index (κ3) is 3.48. The van der Waals surface area contributed by atoms with Gasteiger partial charge in [0.15, 0.2) is 0 Å². The van der Waals surface area contributed by atoms with Crippen molar-refractivity contribution in [3.05, 3.63) is 0 Å². The Labute approximate surface area is 116 Å². The van der Waals surface area contributed by atoms with E-state index in [1.54, 1.807) is 0 Å². The highest BCUT2D eigenvalue weighted by atomic mass is 16.5. The van der Waals surface area contributed by atoms with Gasteiger partial charge in [0.1, 0.15) is 0 Å². The zero-order chi connectivity index (χ0) is 13.8. The van der Waals surface area contributed by atoms with Crippen LogP contribution in [0.15, 0.2) is 0 Å². The maximum Gasteiger partial charge on any atom is 0.224 e. The van der Waals surface area contributed by atoms with Gasteiger partial charge in [-0.25, -0.2) is 0 Å². The highest BCUT2D eigenvalue weighted by Gasteiger charge is 2.35. The van der Waals surface area contributed by atoms with Crippen molar-refractivity contribution in [1.82, 2.24) is 5.32 Å². The largest absolute Gasteiger partial charge is 0.378 e. The van der Waals surface area contributed by atoms with Gasteiger partial charge < -0.3 is 15.8 Å². The molecule has 1 heterocycles. The standard InChI is InChI=1S/C15H28N2O2/c1-3-13-11(7-8-19-13)9-17-15(18)14-10(2)5-4-6-12(14)16/h10-14H,3-9,16H2,1-2H3,(H,17,18). The fraction of sp³-hybridized carbons (Fsp3) is 0.933. The Bertz CT molecular complexity index is 299. The van der Waals surface area contributed by atoms with E-state index in [4.69, 9.17) is 10.5 Å². The van der Waals surface area contributed by atoms with Crippen LogP contribution < -0.4 is 11.1 Å². The molecule has 0 aromatic rings. The molecule has 1 aliphatic heterocycles. The summed E-state index contributed by atoms with van der Waals surface area (Å²) in [5.74, 6) is 1.03. The number of rotatable bonds is 4. The summed E-state index contributed by atoms with van der Waals surface area (Å²) in [7, 11) is 0. The zero-order valence-electron chi connectivity index (χ0n) is 12.2. The predicted octanol–water partition coefficient (Wildman–Crippen LogP) is 1.68. The lowest BCUT2D eigenvalue weighted by molar-refractivity contribution is -0.128. The molecule has 1 saturated carbocycles. The molecule has 4 heteroatoms. The fourth-order valence-corrected chi connectivity index (χ4v) is 3.64. The van der Waals surface area contributed by atoms with Crippen molar-refractivity contribution in [2.24, 2.45) is 23.5 Å². The molecule has 19 heavy (non-hydrogen) atoms. The van der Waals surface area contributed by atoms with Crippen LogP contribution in [0.5, 0.6) is 0 Å².